The Balaban J connectivity index is 1.69. The van der Waals surface area contributed by atoms with Gasteiger partial charge in [-0.15, -0.1) is 0 Å². The van der Waals surface area contributed by atoms with Crippen LogP contribution in [0.5, 0.6) is 0 Å². The zero-order valence-electron chi connectivity index (χ0n) is 13.5. The number of aromatic amines is 1. The van der Waals surface area contributed by atoms with Gasteiger partial charge in [-0.1, -0.05) is 0 Å². The summed E-state index contributed by atoms with van der Waals surface area (Å²) in [6.45, 7) is 3.75. The molecule has 0 aliphatic carbocycles. The SMILES string of the molecule is Cc1nc(-c2cccnc2)[nH]c(=O)c1CC(=O)NC[C@@H]1CCOC1. The van der Waals surface area contributed by atoms with E-state index in [1.54, 1.807) is 25.4 Å². The highest BCUT2D eigenvalue weighted by Gasteiger charge is 2.18. The Hall–Kier alpha value is -2.54. The van der Waals surface area contributed by atoms with Crippen LogP contribution in [0, 0.1) is 12.8 Å². The van der Waals surface area contributed by atoms with Crippen molar-refractivity contribution in [2.75, 3.05) is 19.8 Å². The van der Waals surface area contributed by atoms with Gasteiger partial charge in [-0.05, 0) is 25.5 Å². The molecule has 0 unspecified atom stereocenters. The molecule has 1 aliphatic rings. The van der Waals surface area contributed by atoms with Gasteiger partial charge in [0.1, 0.15) is 5.82 Å². The van der Waals surface area contributed by atoms with Crippen LogP contribution in [0.15, 0.2) is 29.3 Å². The number of aromatic nitrogens is 3. The maximum Gasteiger partial charge on any atom is 0.255 e. The molecule has 7 heteroatoms. The van der Waals surface area contributed by atoms with Crippen molar-refractivity contribution in [3.05, 3.63) is 46.1 Å². The van der Waals surface area contributed by atoms with E-state index in [0.29, 0.717) is 36.2 Å². The van der Waals surface area contributed by atoms with Gasteiger partial charge in [0, 0.05) is 48.3 Å². The number of amides is 1. The van der Waals surface area contributed by atoms with E-state index in [2.05, 4.69) is 20.3 Å². The number of carbonyl (C=O) groups is 1. The maximum absolute atomic E-state index is 12.3. The topological polar surface area (TPSA) is 97.0 Å². The van der Waals surface area contributed by atoms with Crippen LogP contribution in [-0.4, -0.2) is 40.6 Å². The number of rotatable bonds is 5. The van der Waals surface area contributed by atoms with Gasteiger partial charge in [0.15, 0.2) is 0 Å². The van der Waals surface area contributed by atoms with Crippen LogP contribution in [0.2, 0.25) is 0 Å². The molecule has 1 fully saturated rings. The Morgan fingerprint density at radius 1 is 1.50 bits per heavy atom. The predicted octanol–water partition coefficient (Wildman–Crippen LogP) is 0.836. The zero-order valence-corrected chi connectivity index (χ0v) is 13.5. The monoisotopic (exact) mass is 328 g/mol. The second-order valence-corrected chi connectivity index (χ2v) is 5.93. The van der Waals surface area contributed by atoms with Crippen molar-refractivity contribution in [2.45, 2.75) is 19.8 Å². The first-order valence-electron chi connectivity index (χ1n) is 7.98. The van der Waals surface area contributed by atoms with E-state index in [-0.39, 0.29) is 17.9 Å². The van der Waals surface area contributed by atoms with Crippen LogP contribution in [0.1, 0.15) is 17.7 Å². The van der Waals surface area contributed by atoms with Crippen LogP contribution >= 0.6 is 0 Å². The lowest BCUT2D eigenvalue weighted by Crippen LogP contribution is -2.33. The fourth-order valence-electron chi connectivity index (χ4n) is 2.68. The van der Waals surface area contributed by atoms with Crippen LogP contribution in [-0.2, 0) is 16.0 Å². The van der Waals surface area contributed by atoms with Gasteiger partial charge >= 0.3 is 0 Å². The van der Waals surface area contributed by atoms with Crippen LogP contribution < -0.4 is 10.9 Å². The van der Waals surface area contributed by atoms with Crippen molar-refractivity contribution in [1.29, 1.82) is 0 Å². The average molecular weight is 328 g/mol. The van der Waals surface area contributed by atoms with Crippen LogP contribution in [0.3, 0.4) is 0 Å². The van der Waals surface area contributed by atoms with Crippen molar-refractivity contribution >= 4 is 5.91 Å². The lowest BCUT2D eigenvalue weighted by Gasteiger charge is -2.10. The molecular formula is C17H20N4O3. The van der Waals surface area contributed by atoms with Crippen molar-refractivity contribution in [2.24, 2.45) is 5.92 Å². The maximum atomic E-state index is 12.3. The third-order valence-electron chi connectivity index (χ3n) is 4.11. The standard InChI is InChI=1S/C17H20N4O3/c1-11-14(7-15(22)19-8-12-4-6-24-10-12)17(23)21-16(20-11)13-3-2-5-18-9-13/h2-3,5,9,12H,4,6-8,10H2,1H3,(H,19,22)(H,20,21,23)/t12-/m0/s1. The summed E-state index contributed by atoms with van der Waals surface area (Å²) in [5, 5.41) is 2.86. The molecule has 3 rings (SSSR count). The van der Waals surface area contributed by atoms with Gasteiger partial charge in [0.25, 0.3) is 5.56 Å². The molecule has 0 spiro atoms. The Labute approximate surface area is 139 Å². The van der Waals surface area contributed by atoms with Crippen molar-refractivity contribution < 1.29 is 9.53 Å². The van der Waals surface area contributed by atoms with E-state index in [1.807, 2.05) is 6.07 Å². The van der Waals surface area contributed by atoms with Gasteiger partial charge in [-0.25, -0.2) is 4.98 Å². The highest BCUT2D eigenvalue weighted by molar-refractivity contribution is 5.78. The summed E-state index contributed by atoms with van der Waals surface area (Å²) in [4.78, 5) is 35.5. The molecule has 0 saturated carbocycles. The Morgan fingerprint density at radius 3 is 3.04 bits per heavy atom. The number of nitrogens with zero attached hydrogens (tertiary/aromatic N) is 2. The zero-order chi connectivity index (χ0) is 16.9. The average Bonchev–Trinajstić information content (AvgIpc) is 3.10. The number of pyridine rings is 1. The van der Waals surface area contributed by atoms with Gasteiger partial charge in [0.05, 0.1) is 13.0 Å². The first-order valence-corrected chi connectivity index (χ1v) is 7.98. The largest absolute Gasteiger partial charge is 0.381 e. The van der Waals surface area contributed by atoms with Gasteiger partial charge < -0.3 is 15.0 Å². The highest BCUT2D eigenvalue weighted by Crippen LogP contribution is 2.13. The Morgan fingerprint density at radius 2 is 2.38 bits per heavy atom. The quantitative estimate of drug-likeness (QED) is 0.847. The van der Waals surface area contributed by atoms with Gasteiger partial charge in [-0.2, -0.15) is 0 Å². The Bertz CT molecular complexity index is 767. The summed E-state index contributed by atoms with van der Waals surface area (Å²) in [5.74, 6) is 0.642. The number of hydrogen-bond acceptors (Lipinski definition) is 5. The molecule has 2 aromatic rings. The van der Waals surface area contributed by atoms with Crippen molar-refractivity contribution in [3.63, 3.8) is 0 Å². The normalized spacial score (nSPS) is 17.0. The number of ether oxygens (including phenoxy) is 1. The first-order chi connectivity index (χ1) is 11.6. The molecule has 1 atom stereocenters. The first kappa shape index (κ1) is 16.3. The molecular weight excluding hydrogens is 308 g/mol. The lowest BCUT2D eigenvalue weighted by atomic mass is 10.1. The molecule has 1 saturated heterocycles. The molecule has 2 N–H and O–H groups in total. The smallest absolute Gasteiger partial charge is 0.255 e. The summed E-state index contributed by atoms with van der Waals surface area (Å²) in [6, 6.07) is 3.60. The number of H-pyrrole nitrogens is 1. The summed E-state index contributed by atoms with van der Waals surface area (Å²) >= 11 is 0. The predicted molar refractivity (Wildman–Crippen MR) is 88.5 cm³/mol. The minimum Gasteiger partial charge on any atom is -0.381 e. The fourth-order valence-corrected chi connectivity index (χ4v) is 2.68. The minimum atomic E-state index is -0.291. The van der Waals surface area contributed by atoms with E-state index in [9.17, 15) is 9.59 Å². The lowest BCUT2D eigenvalue weighted by molar-refractivity contribution is -0.120. The molecule has 2 aromatic heterocycles. The van der Waals surface area contributed by atoms with Crippen LogP contribution in [0.4, 0.5) is 0 Å². The molecule has 0 radical (unpaired) electrons. The van der Waals surface area contributed by atoms with Crippen molar-refractivity contribution in [1.82, 2.24) is 20.3 Å². The second kappa shape index (κ2) is 7.35. The summed E-state index contributed by atoms with van der Waals surface area (Å²) in [5.41, 5.74) is 1.38. The highest BCUT2D eigenvalue weighted by atomic mass is 16.5. The molecule has 1 aliphatic heterocycles. The number of carbonyl (C=O) groups excluding carboxylic acids is 1. The fraction of sp³-hybridized carbons (Fsp3) is 0.412. The summed E-state index contributed by atoms with van der Waals surface area (Å²) < 4.78 is 5.28. The second-order valence-electron chi connectivity index (χ2n) is 5.93. The number of aryl methyl sites for hydroxylation is 1. The number of nitrogens with one attached hydrogen (secondary N) is 2. The number of hydrogen-bond donors (Lipinski definition) is 2. The molecule has 0 bridgehead atoms. The minimum absolute atomic E-state index is 0.0229. The third kappa shape index (κ3) is 3.86. The van der Waals surface area contributed by atoms with E-state index in [1.165, 1.54) is 0 Å². The van der Waals surface area contributed by atoms with E-state index >= 15 is 0 Å². The summed E-state index contributed by atoms with van der Waals surface area (Å²) in [7, 11) is 0. The van der Waals surface area contributed by atoms with Crippen molar-refractivity contribution in [3.8, 4) is 11.4 Å². The van der Waals surface area contributed by atoms with E-state index in [0.717, 1.165) is 18.6 Å². The molecule has 24 heavy (non-hydrogen) atoms. The van der Waals surface area contributed by atoms with E-state index in [4.69, 9.17) is 4.74 Å². The molecule has 126 valence electrons. The van der Waals surface area contributed by atoms with Gasteiger partial charge in [-0.3, -0.25) is 14.6 Å². The van der Waals surface area contributed by atoms with E-state index < -0.39 is 0 Å². The molecule has 7 nitrogen and oxygen atoms in total. The summed E-state index contributed by atoms with van der Waals surface area (Å²) in [6.07, 6.45) is 4.27. The van der Waals surface area contributed by atoms with Crippen LogP contribution in [0.25, 0.3) is 11.4 Å². The molecule has 0 aromatic carbocycles. The van der Waals surface area contributed by atoms with Gasteiger partial charge in [0.2, 0.25) is 5.91 Å². The Kier molecular flexibility index (Phi) is 5.00. The molecule has 3 heterocycles. The molecule has 1 amide bonds. The third-order valence-corrected chi connectivity index (χ3v) is 4.11.